The van der Waals surface area contributed by atoms with Crippen molar-refractivity contribution >= 4 is 5.91 Å². The number of nitrogens with one attached hydrogen (secondary N) is 1. The number of unbranched alkanes of at least 4 members (excludes halogenated alkanes) is 26. The number of aliphatic hydroxyl groups excluding tert-OH is 5. The first-order valence-corrected chi connectivity index (χ1v) is 34.6. The normalized spacial score (nSPS) is 19.1. The number of hydrogen-bond donors (Lipinski definition) is 6. The van der Waals surface area contributed by atoms with E-state index < -0.39 is 49.5 Å². The highest BCUT2D eigenvalue weighted by atomic mass is 16.7. The molecule has 7 unspecified atom stereocenters. The minimum absolute atomic E-state index is 0.199. The first-order valence-electron chi connectivity index (χ1n) is 34.6. The molecule has 0 aromatic carbocycles. The summed E-state index contributed by atoms with van der Waals surface area (Å²) >= 11 is 0. The quantitative estimate of drug-likeness (QED) is 0.0261. The van der Waals surface area contributed by atoms with E-state index in [1.807, 2.05) is 6.08 Å². The summed E-state index contributed by atoms with van der Waals surface area (Å²) in [6, 6.07) is -0.828. The maximum Gasteiger partial charge on any atom is 0.220 e. The van der Waals surface area contributed by atoms with Crippen LogP contribution in [0.5, 0.6) is 0 Å². The van der Waals surface area contributed by atoms with Gasteiger partial charge in [0, 0.05) is 6.42 Å². The zero-order valence-corrected chi connectivity index (χ0v) is 54.1. The fraction of sp³-hybridized carbons (Fsp3) is 0.671. The van der Waals surface area contributed by atoms with E-state index in [0.717, 1.165) is 128 Å². The molecule has 6 N–H and O–H groups in total. The minimum atomic E-state index is -1.58. The largest absolute Gasteiger partial charge is 0.394 e. The lowest BCUT2D eigenvalue weighted by atomic mass is 9.99. The van der Waals surface area contributed by atoms with E-state index in [-0.39, 0.29) is 12.5 Å². The first kappa shape index (κ1) is 79.1. The summed E-state index contributed by atoms with van der Waals surface area (Å²) in [5.41, 5.74) is 0. The molecule has 0 spiro atoms. The van der Waals surface area contributed by atoms with Gasteiger partial charge in [0.15, 0.2) is 6.29 Å². The predicted molar refractivity (Wildman–Crippen MR) is 363 cm³/mol. The van der Waals surface area contributed by atoms with Crippen LogP contribution in [0.15, 0.2) is 146 Å². The maximum absolute atomic E-state index is 13.1. The van der Waals surface area contributed by atoms with Crippen LogP contribution in [-0.2, 0) is 14.3 Å². The molecule has 0 bridgehead atoms. The van der Waals surface area contributed by atoms with E-state index in [0.29, 0.717) is 6.42 Å². The Labute approximate surface area is 521 Å². The third kappa shape index (κ3) is 51.8. The van der Waals surface area contributed by atoms with Crippen molar-refractivity contribution in [3.63, 3.8) is 0 Å². The van der Waals surface area contributed by atoms with E-state index >= 15 is 0 Å². The zero-order valence-electron chi connectivity index (χ0n) is 54.1. The van der Waals surface area contributed by atoms with Gasteiger partial charge in [-0.15, -0.1) is 0 Å². The Bertz CT molecular complexity index is 1850. The van der Waals surface area contributed by atoms with E-state index in [4.69, 9.17) is 9.47 Å². The highest BCUT2D eigenvalue weighted by molar-refractivity contribution is 5.76. The molecule has 1 aliphatic rings. The third-order valence-corrected chi connectivity index (χ3v) is 15.4. The monoisotopic (exact) mass is 1180 g/mol. The van der Waals surface area contributed by atoms with Crippen molar-refractivity contribution in [1.29, 1.82) is 0 Å². The van der Waals surface area contributed by atoms with Crippen LogP contribution < -0.4 is 5.32 Å². The molecule has 0 radical (unpaired) electrons. The Morgan fingerprint density at radius 1 is 0.412 bits per heavy atom. The smallest absolute Gasteiger partial charge is 0.220 e. The number of rotatable bonds is 58. The topological polar surface area (TPSA) is 149 Å². The maximum atomic E-state index is 13.1. The summed E-state index contributed by atoms with van der Waals surface area (Å²) in [6.45, 7) is 3.67. The lowest BCUT2D eigenvalue weighted by Crippen LogP contribution is -2.60. The molecule has 9 heteroatoms. The van der Waals surface area contributed by atoms with Crippen molar-refractivity contribution in [2.45, 2.75) is 314 Å². The molecule has 0 aromatic rings. The number of carbonyl (C=O) groups excluding carboxylic acids is 1. The summed E-state index contributed by atoms with van der Waals surface area (Å²) in [5, 5.41) is 54.7. The molecule has 1 heterocycles. The van der Waals surface area contributed by atoms with Gasteiger partial charge in [0.05, 0.1) is 25.4 Å². The molecule has 1 amide bonds. The number of hydrogen-bond acceptors (Lipinski definition) is 8. The summed E-state index contributed by atoms with van der Waals surface area (Å²) in [6.07, 6.45) is 90.7. The molecule has 1 rings (SSSR count). The van der Waals surface area contributed by atoms with Crippen molar-refractivity contribution < 1.29 is 39.8 Å². The van der Waals surface area contributed by atoms with Crippen LogP contribution in [0.3, 0.4) is 0 Å². The van der Waals surface area contributed by atoms with E-state index in [9.17, 15) is 30.3 Å². The molecule has 7 atom stereocenters. The minimum Gasteiger partial charge on any atom is -0.394 e. The number of ether oxygens (including phenoxy) is 2. The molecule has 1 aliphatic heterocycles. The van der Waals surface area contributed by atoms with E-state index in [2.05, 4.69) is 153 Å². The summed E-state index contributed by atoms with van der Waals surface area (Å²) in [7, 11) is 0. The second-order valence-electron chi connectivity index (χ2n) is 23.2. The van der Waals surface area contributed by atoms with Gasteiger partial charge >= 0.3 is 0 Å². The second kappa shape index (κ2) is 63.1. The van der Waals surface area contributed by atoms with Gasteiger partial charge in [-0.25, -0.2) is 0 Å². The van der Waals surface area contributed by atoms with E-state index in [1.165, 1.54) is 122 Å². The molecule has 0 saturated carbocycles. The zero-order chi connectivity index (χ0) is 61.4. The van der Waals surface area contributed by atoms with Gasteiger partial charge in [-0.2, -0.15) is 0 Å². The third-order valence-electron chi connectivity index (χ3n) is 15.4. The van der Waals surface area contributed by atoms with Crippen LogP contribution in [0.1, 0.15) is 271 Å². The summed E-state index contributed by atoms with van der Waals surface area (Å²) in [5.74, 6) is -0.199. The van der Waals surface area contributed by atoms with Crippen molar-refractivity contribution in [3.05, 3.63) is 146 Å². The molecule has 484 valence electrons. The highest BCUT2D eigenvalue weighted by Gasteiger charge is 2.44. The first-order chi connectivity index (χ1) is 41.8. The van der Waals surface area contributed by atoms with Crippen molar-refractivity contribution in [1.82, 2.24) is 5.32 Å². The van der Waals surface area contributed by atoms with Gasteiger partial charge in [-0.3, -0.25) is 4.79 Å². The molecule has 1 fully saturated rings. The van der Waals surface area contributed by atoms with Gasteiger partial charge in [0.2, 0.25) is 5.91 Å². The number of amides is 1. The standard InChI is InChI=1S/C76H127NO8/c1-3-5-7-9-11-13-15-17-19-21-23-25-27-28-29-30-31-32-33-34-35-36-37-38-39-40-41-42-44-46-48-50-52-54-56-58-60-62-64-66-72(80)77-69(68-84-76-75(83)74(82)73(81)71(67-78)85-76)70(79)65-63-61-59-57-55-53-51-49-47-45-43-26-24-22-20-18-16-14-12-10-8-6-4-2/h5,7,11,13,17,19,23,25,28-29,31-32,34-35,37-38,40-41,44,46,50,52,63,65,69-71,73-76,78-79,81-83H,3-4,6,8-10,12,14-16,18,20-22,24,26-27,30,33,36,39,42-43,45,47-49,51,53-62,64,66-68H2,1-2H3,(H,77,80)/b7-5-,13-11-,19-17-,25-23-,29-28-,32-31-,35-34-,38-37-,41-40-,46-44-,52-50-,65-63+. The lowest BCUT2D eigenvalue weighted by Gasteiger charge is -2.40. The fourth-order valence-corrected chi connectivity index (χ4v) is 10.0. The molecule has 9 nitrogen and oxygen atoms in total. The Morgan fingerprint density at radius 3 is 1.08 bits per heavy atom. The SMILES string of the molecule is CC/C=C\C/C=C\C/C=C\C/C=C\C/C=C\C/C=C\C/C=C\C/C=C\C/C=C\C/C=C\C/C=C\CCCCCCCC(=O)NC(COC1OC(CO)C(O)C(O)C1O)C(O)/C=C/CCCCCCCCCCCCCCCCCCCCCCC. The average molecular weight is 1180 g/mol. The number of allylic oxidation sites excluding steroid dienone is 23. The van der Waals surface area contributed by atoms with Crippen molar-refractivity contribution in [3.8, 4) is 0 Å². The molecular formula is C76H127NO8. The number of aliphatic hydroxyl groups is 5. The molecule has 0 aliphatic carbocycles. The average Bonchev–Trinajstić information content (AvgIpc) is 3.66. The Balaban J connectivity index is 2.20. The van der Waals surface area contributed by atoms with Gasteiger partial charge < -0.3 is 40.3 Å². The van der Waals surface area contributed by atoms with Crippen LogP contribution in [0.4, 0.5) is 0 Å². The van der Waals surface area contributed by atoms with Gasteiger partial charge in [0.25, 0.3) is 0 Å². The van der Waals surface area contributed by atoms with Crippen LogP contribution in [0, 0.1) is 0 Å². The summed E-state index contributed by atoms with van der Waals surface area (Å²) in [4.78, 5) is 13.1. The molecule has 85 heavy (non-hydrogen) atoms. The molecule has 1 saturated heterocycles. The van der Waals surface area contributed by atoms with Crippen LogP contribution in [0.2, 0.25) is 0 Å². The predicted octanol–water partition coefficient (Wildman–Crippen LogP) is 19.0. The number of carbonyl (C=O) groups is 1. The van der Waals surface area contributed by atoms with Gasteiger partial charge in [0.1, 0.15) is 24.4 Å². The van der Waals surface area contributed by atoms with Crippen LogP contribution >= 0.6 is 0 Å². The van der Waals surface area contributed by atoms with Crippen LogP contribution in [-0.4, -0.2) is 87.5 Å². The second-order valence-corrected chi connectivity index (χ2v) is 23.2. The van der Waals surface area contributed by atoms with Gasteiger partial charge in [-0.1, -0.05) is 307 Å². The fourth-order valence-electron chi connectivity index (χ4n) is 10.0. The Morgan fingerprint density at radius 2 is 0.729 bits per heavy atom. The van der Waals surface area contributed by atoms with Crippen molar-refractivity contribution in [2.75, 3.05) is 13.2 Å². The molecule has 0 aromatic heterocycles. The Hall–Kier alpha value is -3.93. The summed E-state index contributed by atoms with van der Waals surface area (Å²) < 4.78 is 11.3. The van der Waals surface area contributed by atoms with Crippen molar-refractivity contribution in [2.24, 2.45) is 0 Å². The molecular weight excluding hydrogens is 1050 g/mol. The highest BCUT2D eigenvalue weighted by Crippen LogP contribution is 2.23. The van der Waals surface area contributed by atoms with Gasteiger partial charge in [-0.05, 0) is 103 Å². The van der Waals surface area contributed by atoms with Crippen LogP contribution in [0.25, 0.3) is 0 Å². The Kier molecular flexibility index (Phi) is 58.7. The lowest BCUT2D eigenvalue weighted by molar-refractivity contribution is -0.302. The van der Waals surface area contributed by atoms with E-state index in [1.54, 1.807) is 6.08 Å².